The van der Waals surface area contributed by atoms with Crippen LogP contribution in [0.1, 0.15) is 23.2 Å². The van der Waals surface area contributed by atoms with Crippen molar-refractivity contribution in [3.63, 3.8) is 0 Å². The fourth-order valence-corrected chi connectivity index (χ4v) is 3.04. The van der Waals surface area contributed by atoms with Crippen molar-refractivity contribution in [3.8, 4) is 0 Å². The van der Waals surface area contributed by atoms with Gasteiger partial charge in [0, 0.05) is 17.8 Å². The number of benzene rings is 1. The molecule has 11 nitrogen and oxygen atoms in total. The third-order valence-corrected chi connectivity index (χ3v) is 4.54. The van der Waals surface area contributed by atoms with Crippen molar-refractivity contribution in [1.29, 1.82) is 0 Å². The lowest BCUT2D eigenvalue weighted by atomic mass is 10.1. The van der Waals surface area contributed by atoms with Gasteiger partial charge < -0.3 is 5.32 Å². The summed E-state index contributed by atoms with van der Waals surface area (Å²) in [5, 5.41) is 2.86. The van der Waals surface area contributed by atoms with Crippen LogP contribution in [0.4, 0.5) is 23.2 Å². The molecule has 3 amide bonds. The van der Waals surface area contributed by atoms with E-state index in [0.717, 1.165) is 0 Å². The highest BCUT2D eigenvalue weighted by atomic mass is 32.2. The van der Waals surface area contributed by atoms with Gasteiger partial charge in [-0.2, -0.15) is 8.42 Å². The van der Waals surface area contributed by atoms with Crippen molar-refractivity contribution in [2.24, 2.45) is 5.11 Å². The van der Waals surface area contributed by atoms with Gasteiger partial charge in [0.05, 0.1) is 17.8 Å². The number of hydrogen-bond acceptors (Lipinski definition) is 6. The highest BCUT2D eigenvalue weighted by Gasteiger charge is 2.43. The topological polar surface area (TPSA) is 170 Å². The first-order valence-corrected chi connectivity index (χ1v) is 8.74. The van der Waals surface area contributed by atoms with Gasteiger partial charge in [0.1, 0.15) is 0 Å². The number of azide groups is 1. The normalized spacial score (nSPS) is 14.3. The molecule has 1 saturated heterocycles. The van der Waals surface area contributed by atoms with Gasteiger partial charge in [-0.25, -0.2) is 17.6 Å². The van der Waals surface area contributed by atoms with Gasteiger partial charge in [0.2, 0.25) is 17.2 Å². The molecular formula is C13H8F4N5O6S. The van der Waals surface area contributed by atoms with Crippen molar-refractivity contribution >= 4 is 33.5 Å². The number of hydrogen-bond donors (Lipinski definition) is 2. The fraction of sp³-hybridized carbons (Fsp3) is 0.231. The quantitative estimate of drug-likeness (QED) is 0.0995. The molecule has 0 atom stereocenters. The van der Waals surface area contributed by atoms with E-state index in [-0.39, 0.29) is 4.90 Å². The molecule has 16 heteroatoms. The Balaban J connectivity index is 2.43. The van der Waals surface area contributed by atoms with E-state index in [1.165, 1.54) is 0 Å². The molecule has 0 aliphatic carbocycles. The molecule has 1 aliphatic rings. The van der Waals surface area contributed by atoms with Gasteiger partial charge in [-0.1, -0.05) is 5.11 Å². The molecule has 0 spiro atoms. The molecule has 0 unspecified atom stereocenters. The zero-order chi connectivity index (χ0) is 22.1. The Labute approximate surface area is 158 Å². The number of carbonyl (C=O) groups excluding carboxylic acids is 3. The van der Waals surface area contributed by atoms with Crippen molar-refractivity contribution in [2.75, 3.05) is 6.54 Å². The van der Waals surface area contributed by atoms with Crippen LogP contribution in [0.2, 0.25) is 0 Å². The van der Waals surface area contributed by atoms with Crippen LogP contribution in [-0.4, -0.2) is 42.1 Å². The van der Waals surface area contributed by atoms with Gasteiger partial charge in [-0.05, 0) is 5.53 Å². The number of rotatable bonds is 6. The number of amides is 3. The average molecular weight is 438 g/mol. The van der Waals surface area contributed by atoms with Gasteiger partial charge >= 0.3 is 0 Å². The average Bonchev–Trinajstić information content (AvgIpc) is 2.96. The first-order valence-electron chi connectivity index (χ1n) is 7.30. The van der Waals surface area contributed by atoms with Crippen molar-refractivity contribution < 1.29 is 44.9 Å². The van der Waals surface area contributed by atoms with Crippen LogP contribution in [0.5, 0.6) is 0 Å². The molecule has 29 heavy (non-hydrogen) atoms. The van der Waals surface area contributed by atoms with E-state index in [0.29, 0.717) is 0 Å². The molecule has 1 heterocycles. The van der Waals surface area contributed by atoms with Crippen LogP contribution in [-0.2, 0) is 19.7 Å². The largest absolute Gasteiger partial charge is 0.348 e. The molecule has 1 fully saturated rings. The van der Waals surface area contributed by atoms with Gasteiger partial charge in [-0.3, -0.25) is 23.8 Å². The van der Waals surface area contributed by atoms with Crippen LogP contribution >= 0.6 is 0 Å². The Hall–Kier alpha value is -3.23. The lowest BCUT2D eigenvalue weighted by Gasteiger charge is -2.22. The predicted molar refractivity (Wildman–Crippen MR) is 83.3 cm³/mol. The van der Waals surface area contributed by atoms with Crippen LogP contribution < -0.4 is 5.32 Å². The molecule has 0 bridgehead atoms. The monoisotopic (exact) mass is 438 g/mol. The summed E-state index contributed by atoms with van der Waals surface area (Å²) in [6, 6.07) is 0. The summed E-state index contributed by atoms with van der Waals surface area (Å²) in [7, 11) is -5.24. The number of carbonyl (C=O) groups is 3. The Morgan fingerprint density at radius 2 is 1.62 bits per heavy atom. The summed E-state index contributed by atoms with van der Waals surface area (Å²) < 4.78 is 86.5. The van der Waals surface area contributed by atoms with Gasteiger partial charge in [0.15, 0.2) is 23.3 Å². The SMILES string of the molecule is [N-]=[N+]=Nc1c(F)c(F)c(F)c(F)c1C(=O)NC[C](N1C(=O)CCC1=O)S(=O)(=O)O. The number of halogens is 4. The minimum Gasteiger partial charge on any atom is -0.348 e. The lowest BCUT2D eigenvalue weighted by molar-refractivity contribution is -0.137. The first-order chi connectivity index (χ1) is 13.4. The molecule has 1 radical (unpaired) electrons. The van der Waals surface area contributed by atoms with Gasteiger partial charge in [-0.15, -0.1) is 0 Å². The zero-order valence-corrected chi connectivity index (χ0v) is 14.6. The highest BCUT2D eigenvalue weighted by molar-refractivity contribution is 7.88. The van der Waals surface area contributed by atoms with E-state index >= 15 is 0 Å². The fourth-order valence-electron chi connectivity index (χ4n) is 2.35. The molecule has 0 saturated carbocycles. The molecule has 1 aromatic carbocycles. The van der Waals surface area contributed by atoms with Crippen molar-refractivity contribution in [3.05, 3.63) is 44.6 Å². The van der Waals surface area contributed by atoms with Crippen molar-refractivity contribution in [2.45, 2.75) is 12.8 Å². The first kappa shape index (κ1) is 22.1. The van der Waals surface area contributed by atoms with Gasteiger partial charge in [0.25, 0.3) is 16.0 Å². The van der Waals surface area contributed by atoms with Crippen molar-refractivity contribution in [1.82, 2.24) is 10.2 Å². The summed E-state index contributed by atoms with van der Waals surface area (Å²) in [4.78, 5) is 37.5. The molecule has 1 aromatic rings. The highest BCUT2D eigenvalue weighted by Crippen LogP contribution is 2.31. The summed E-state index contributed by atoms with van der Waals surface area (Å²) in [5.74, 6) is -13.1. The van der Waals surface area contributed by atoms with E-state index in [9.17, 15) is 44.9 Å². The van der Waals surface area contributed by atoms with E-state index in [1.54, 1.807) is 5.32 Å². The summed E-state index contributed by atoms with van der Waals surface area (Å²) >= 11 is 0. The van der Waals surface area contributed by atoms with Crippen LogP contribution in [0.15, 0.2) is 5.11 Å². The Morgan fingerprint density at radius 3 is 2.10 bits per heavy atom. The van der Waals surface area contributed by atoms with E-state index in [1.807, 2.05) is 4.91 Å². The third-order valence-electron chi connectivity index (χ3n) is 3.61. The maximum absolute atomic E-state index is 13.9. The van der Waals surface area contributed by atoms with E-state index < -0.39 is 87.1 Å². The Morgan fingerprint density at radius 1 is 1.10 bits per heavy atom. The molecule has 2 N–H and O–H groups in total. The summed E-state index contributed by atoms with van der Waals surface area (Å²) in [6.45, 7) is -1.30. The standard InChI is InChI=1S/C13H8F4N5O6S/c14-8-7(12(20-21-18)11(17)10(16)9(8)15)13(25)19-3-6(29(26,27)28)22-4(23)1-2-5(22)24/h1-3H2,(H,19,25)(H,26,27,28). The Bertz CT molecular complexity index is 1060. The Kier molecular flexibility index (Phi) is 6.10. The van der Waals surface area contributed by atoms with E-state index in [4.69, 9.17) is 5.53 Å². The molecule has 2 rings (SSSR count). The predicted octanol–water partition coefficient (Wildman–Crippen LogP) is 1.44. The zero-order valence-electron chi connectivity index (χ0n) is 13.8. The maximum atomic E-state index is 13.9. The molecule has 0 aromatic heterocycles. The van der Waals surface area contributed by atoms with Crippen LogP contribution in [0.3, 0.4) is 0 Å². The molecule has 155 valence electrons. The summed E-state index contributed by atoms with van der Waals surface area (Å²) in [6.07, 6.45) is -0.786. The second-order valence-corrected chi connectivity index (χ2v) is 6.76. The van der Waals surface area contributed by atoms with E-state index in [2.05, 4.69) is 5.11 Å². The maximum Gasteiger partial charge on any atom is 0.295 e. The smallest absolute Gasteiger partial charge is 0.295 e. The number of nitrogens with zero attached hydrogens (tertiary/aromatic N) is 4. The third kappa shape index (κ3) is 4.13. The van der Waals surface area contributed by atoms with Crippen LogP contribution in [0.25, 0.3) is 10.4 Å². The number of likely N-dealkylation sites (tertiary alicyclic amines) is 1. The van der Waals surface area contributed by atoms with Crippen LogP contribution in [0, 0.1) is 28.6 Å². The minimum absolute atomic E-state index is 0.0616. The summed E-state index contributed by atoms with van der Waals surface area (Å²) in [5.41, 5.74) is 5.17. The lowest BCUT2D eigenvalue weighted by Crippen LogP contribution is -2.44. The molecular weight excluding hydrogens is 430 g/mol. The number of nitrogens with one attached hydrogen (secondary N) is 1. The molecule has 1 aliphatic heterocycles. The minimum atomic E-state index is -5.24. The second-order valence-electron chi connectivity index (χ2n) is 5.34. The number of imide groups is 1. The second kappa shape index (κ2) is 8.02.